The van der Waals surface area contributed by atoms with E-state index in [0.717, 1.165) is 31.7 Å². The molecule has 2 aromatic rings. The highest BCUT2D eigenvalue weighted by atomic mass is 16.5. The maximum Gasteiger partial charge on any atom is 0.314 e. The first-order chi connectivity index (χ1) is 11.7. The topological polar surface area (TPSA) is 113 Å². The molecule has 0 saturated carbocycles. The molecule has 2 aromatic heterocycles. The molecule has 0 atom stereocenters. The van der Waals surface area contributed by atoms with Gasteiger partial charge in [0.05, 0.1) is 6.20 Å². The van der Waals surface area contributed by atoms with Gasteiger partial charge in [0, 0.05) is 38.1 Å². The summed E-state index contributed by atoms with van der Waals surface area (Å²) in [7, 11) is 0. The minimum Gasteiger partial charge on any atom is -0.363 e. The van der Waals surface area contributed by atoms with Crippen LogP contribution in [0.3, 0.4) is 0 Å². The first kappa shape index (κ1) is 15.9. The van der Waals surface area contributed by atoms with E-state index in [1.165, 1.54) is 12.3 Å². The molecular weight excluding hydrogens is 312 g/mol. The number of amides is 2. The minimum absolute atomic E-state index is 0.215. The van der Waals surface area contributed by atoms with Crippen molar-refractivity contribution in [2.24, 2.45) is 5.92 Å². The highest BCUT2D eigenvalue weighted by molar-refractivity contribution is 6.39. The Morgan fingerprint density at radius 1 is 1.25 bits per heavy atom. The number of carbonyl (C=O) groups is 2. The predicted molar refractivity (Wildman–Crippen MR) is 85.1 cm³/mol. The van der Waals surface area contributed by atoms with Crippen LogP contribution in [0.5, 0.6) is 0 Å². The van der Waals surface area contributed by atoms with Crippen molar-refractivity contribution in [2.75, 3.05) is 29.9 Å². The van der Waals surface area contributed by atoms with Crippen molar-refractivity contribution in [2.45, 2.75) is 12.8 Å². The normalized spacial score (nSPS) is 15.1. The fourth-order valence-corrected chi connectivity index (χ4v) is 2.59. The Bertz CT molecular complexity index is 668. The van der Waals surface area contributed by atoms with Gasteiger partial charge in [0.15, 0.2) is 5.82 Å². The lowest BCUT2D eigenvalue weighted by Crippen LogP contribution is -2.42. The zero-order valence-electron chi connectivity index (χ0n) is 13.0. The van der Waals surface area contributed by atoms with Crippen LogP contribution in [0, 0.1) is 5.92 Å². The van der Waals surface area contributed by atoms with Gasteiger partial charge in [-0.1, -0.05) is 5.16 Å². The SMILES string of the molecule is O=C(NCC1CCN(c2cnccn2)CC1)C(=O)Nc1ccon1. The van der Waals surface area contributed by atoms with Crippen LogP contribution >= 0.6 is 0 Å². The Balaban J connectivity index is 1.40. The van der Waals surface area contributed by atoms with Crippen molar-refractivity contribution in [1.29, 1.82) is 0 Å². The fraction of sp³-hybridized carbons (Fsp3) is 0.400. The third-order valence-electron chi connectivity index (χ3n) is 3.93. The standard InChI is InChI=1S/C15H18N6O3/c22-14(15(23)19-12-3-8-24-20-12)18-9-11-1-6-21(7-2-11)13-10-16-4-5-17-13/h3-5,8,10-11H,1-2,6-7,9H2,(H,18,22)(H,19,20,23). The van der Waals surface area contributed by atoms with Crippen molar-refractivity contribution in [3.05, 3.63) is 30.9 Å². The zero-order valence-corrected chi connectivity index (χ0v) is 13.0. The Kier molecular flexibility index (Phi) is 4.99. The maximum absolute atomic E-state index is 11.8. The molecule has 9 heteroatoms. The van der Waals surface area contributed by atoms with Crippen molar-refractivity contribution >= 4 is 23.5 Å². The third-order valence-corrected chi connectivity index (χ3v) is 3.93. The molecule has 3 heterocycles. The van der Waals surface area contributed by atoms with Crippen LogP contribution in [0.4, 0.5) is 11.6 Å². The van der Waals surface area contributed by atoms with E-state index in [2.05, 4.69) is 35.2 Å². The molecule has 0 unspecified atom stereocenters. The number of hydrogen-bond donors (Lipinski definition) is 2. The van der Waals surface area contributed by atoms with E-state index in [0.29, 0.717) is 12.5 Å². The summed E-state index contributed by atoms with van der Waals surface area (Å²) >= 11 is 0. The minimum atomic E-state index is -0.749. The largest absolute Gasteiger partial charge is 0.363 e. The summed E-state index contributed by atoms with van der Waals surface area (Å²) in [6, 6.07) is 1.47. The molecule has 0 bridgehead atoms. The van der Waals surface area contributed by atoms with E-state index in [1.54, 1.807) is 18.6 Å². The van der Waals surface area contributed by atoms with Crippen molar-refractivity contribution in [3.63, 3.8) is 0 Å². The van der Waals surface area contributed by atoms with Gasteiger partial charge in [-0.05, 0) is 18.8 Å². The molecule has 1 aliphatic rings. The zero-order chi connectivity index (χ0) is 16.8. The number of hydrogen-bond acceptors (Lipinski definition) is 7. The van der Waals surface area contributed by atoms with Crippen LogP contribution in [-0.2, 0) is 9.59 Å². The number of nitrogens with one attached hydrogen (secondary N) is 2. The first-order valence-corrected chi connectivity index (χ1v) is 7.73. The first-order valence-electron chi connectivity index (χ1n) is 7.73. The summed E-state index contributed by atoms with van der Waals surface area (Å²) in [6.45, 7) is 2.17. The summed E-state index contributed by atoms with van der Waals surface area (Å²) in [4.78, 5) is 34.0. The summed E-state index contributed by atoms with van der Waals surface area (Å²) in [5, 5.41) is 8.54. The summed E-state index contributed by atoms with van der Waals surface area (Å²) in [5.74, 6) is -0.00335. The second-order valence-electron chi connectivity index (χ2n) is 5.54. The molecular formula is C15H18N6O3. The van der Waals surface area contributed by atoms with E-state index in [4.69, 9.17) is 0 Å². The molecule has 1 aliphatic heterocycles. The van der Waals surface area contributed by atoms with Crippen LogP contribution in [0.25, 0.3) is 0 Å². The molecule has 0 aromatic carbocycles. The lowest BCUT2D eigenvalue weighted by molar-refractivity contribution is -0.136. The number of rotatable bonds is 4. The summed E-state index contributed by atoms with van der Waals surface area (Å²) in [6.07, 6.45) is 8.23. The molecule has 2 N–H and O–H groups in total. The van der Waals surface area contributed by atoms with Gasteiger partial charge in [-0.2, -0.15) is 0 Å². The molecule has 3 rings (SSSR count). The van der Waals surface area contributed by atoms with Gasteiger partial charge in [0.25, 0.3) is 0 Å². The Labute approximate surface area is 138 Å². The summed E-state index contributed by atoms with van der Waals surface area (Å²) < 4.78 is 4.59. The van der Waals surface area contributed by atoms with E-state index in [-0.39, 0.29) is 5.82 Å². The van der Waals surface area contributed by atoms with Gasteiger partial charge in [-0.15, -0.1) is 0 Å². The Hall–Kier alpha value is -2.97. The molecule has 9 nitrogen and oxygen atoms in total. The van der Waals surface area contributed by atoms with E-state index < -0.39 is 11.8 Å². The highest BCUT2D eigenvalue weighted by Crippen LogP contribution is 2.20. The lowest BCUT2D eigenvalue weighted by atomic mass is 9.97. The van der Waals surface area contributed by atoms with E-state index >= 15 is 0 Å². The van der Waals surface area contributed by atoms with Crippen LogP contribution < -0.4 is 15.5 Å². The predicted octanol–water partition coefficient (Wildman–Crippen LogP) is 0.436. The monoisotopic (exact) mass is 330 g/mol. The fourth-order valence-electron chi connectivity index (χ4n) is 2.59. The maximum atomic E-state index is 11.8. The van der Waals surface area contributed by atoms with Gasteiger partial charge in [-0.3, -0.25) is 19.9 Å². The smallest absolute Gasteiger partial charge is 0.314 e. The quantitative estimate of drug-likeness (QED) is 0.782. The van der Waals surface area contributed by atoms with Gasteiger partial charge in [-0.25, -0.2) is 4.98 Å². The number of aromatic nitrogens is 3. The summed E-state index contributed by atoms with van der Waals surface area (Å²) in [5.41, 5.74) is 0. The molecule has 0 spiro atoms. The van der Waals surface area contributed by atoms with E-state index in [9.17, 15) is 9.59 Å². The third kappa shape index (κ3) is 4.06. The molecule has 24 heavy (non-hydrogen) atoms. The molecule has 0 radical (unpaired) electrons. The van der Waals surface area contributed by atoms with Gasteiger partial charge in [0.2, 0.25) is 0 Å². The average Bonchev–Trinajstić information content (AvgIpc) is 3.14. The Morgan fingerprint density at radius 3 is 2.75 bits per heavy atom. The average molecular weight is 330 g/mol. The van der Waals surface area contributed by atoms with Gasteiger partial charge >= 0.3 is 11.8 Å². The van der Waals surface area contributed by atoms with Crippen LogP contribution in [0.2, 0.25) is 0 Å². The number of anilines is 2. The molecule has 1 saturated heterocycles. The Morgan fingerprint density at radius 2 is 2.08 bits per heavy atom. The molecule has 126 valence electrons. The molecule has 2 amide bonds. The number of carbonyl (C=O) groups excluding carboxylic acids is 2. The van der Waals surface area contributed by atoms with Crippen molar-refractivity contribution in [3.8, 4) is 0 Å². The number of nitrogens with zero attached hydrogens (tertiary/aromatic N) is 4. The van der Waals surface area contributed by atoms with Gasteiger partial charge < -0.3 is 14.7 Å². The van der Waals surface area contributed by atoms with Crippen LogP contribution in [0.1, 0.15) is 12.8 Å². The van der Waals surface area contributed by atoms with E-state index in [1.807, 2.05) is 0 Å². The van der Waals surface area contributed by atoms with Gasteiger partial charge in [0.1, 0.15) is 12.1 Å². The molecule has 0 aliphatic carbocycles. The van der Waals surface area contributed by atoms with Crippen molar-refractivity contribution in [1.82, 2.24) is 20.4 Å². The van der Waals surface area contributed by atoms with Crippen LogP contribution in [-0.4, -0.2) is 46.6 Å². The van der Waals surface area contributed by atoms with Crippen LogP contribution in [0.15, 0.2) is 35.4 Å². The molecule has 1 fully saturated rings. The second kappa shape index (κ2) is 7.53. The highest BCUT2D eigenvalue weighted by Gasteiger charge is 2.22. The second-order valence-corrected chi connectivity index (χ2v) is 5.54. The van der Waals surface area contributed by atoms with Crippen molar-refractivity contribution < 1.29 is 14.1 Å². The number of piperidine rings is 1. The lowest BCUT2D eigenvalue weighted by Gasteiger charge is -2.32.